The summed E-state index contributed by atoms with van der Waals surface area (Å²) in [4.78, 5) is 0. The molecule has 1 saturated carbocycles. The monoisotopic (exact) mass is 289 g/mol. The Morgan fingerprint density at radius 1 is 1.05 bits per heavy atom. The Hall–Kier alpha value is -0.0900. The Bertz CT molecular complexity index is 327. The molecule has 0 aromatic heterocycles. The summed E-state index contributed by atoms with van der Waals surface area (Å²) >= 11 is 0. The minimum absolute atomic E-state index is 0.290. The Kier molecular flexibility index (Phi) is 8.00. The van der Waals surface area contributed by atoms with Crippen molar-refractivity contribution in [3.05, 3.63) is 0 Å². The molecule has 0 saturated heterocycles. The van der Waals surface area contributed by atoms with Crippen LogP contribution in [0.2, 0.25) is 0 Å². The first-order chi connectivity index (χ1) is 9.09. The highest BCUT2D eigenvalue weighted by molar-refractivity contribution is 7.91. The Labute approximate surface area is 119 Å². The predicted molar refractivity (Wildman–Crippen MR) is 82.2 cm³/mol. The van der Waals surface area contributed by atoms with E-state index < -0.39 is 9.84 Å². The molecule has 0 spiro atoms. The molecule has 0 aliphatic heterocycles. The fraction of sp³-hybridized carbons (Fsp3) is 1.00. The molecule has 2 unspecified atom stereocenters. The van der Waals surface area contributed by atoms with Gasteiger partial charge in [-0.1, -0.05) is 39.5 Å². The maximum atomic E-state index is 11.6. The van der Waals surface area contributed by atoms with Crippen LogP contribution in [-0.2, 0) is 9.84 Å². The average molecular weight is 289 g/mol. The van der Waals surface area contributed by atoms with E-state index in [1.54, 1.807) is 6.92 Å². The zero-order valence-corrected chi connectivity index (χ0v) is 13.5. The van der Waals surface area contributed by atoms with E-state index >= 15 is 0 Å². The summed E-state index contributed by atoms with van der Waals surface area (Å²) in [6.45, 7) is 6.05. The molecule has 2 atom stereocenters. The molecule has 0 radical (unpaired) electrons. The van der Waals surface area contributed by atoms with E-state index in [0.717, 1.165) is 37.8 Å². The lowest BCUT2D eigenvalue weighted by Crippen LogP contribution is -2.28. The van der Waals surface area contributed by atoms with Gasteiger partial charge in [0.15, 0.2) is 0 Å². The lowest BCUT2D eigenvalue weighted by atomic mass is 9.84. The van der Waals surface area contributed by atoms with Gasteiger partial charge in [-0.2, -0.15) is 0 Å². The van der Waals surface area contributed by atoms with E-state index in [1.807, 2.05) is 0 Å². The summed E-state index contributed by atoms with van der Waals surface area (Å²) in [6, 6.07) is 0. The van der Waals surface area contributed by atoms with Crippen molar-refractivity contribution < 1.29 is 8.42 Å². The number of rotatable bonds is 8. The molecule has 1 aliphatic carbocycles. The maximum Gasteiger partial charge on any atom is 0.150 e. The summed E-state index contributed by atoms with van der Waals surface area (Å²) in [6.07, 6.45) is 8.58. The van der Waals surface area contributed by atoms with Gasteiger partial charge in [0.05, 0.1) is 5.75 Å². The first-order valence-corrected chi connectivity index (χ1v) is 9.82. The minimum Gasteiger partial charge on any atom is -0.317 e. The molecule has 0 aromatic rings. The van der Waals surface area contributed by atoms with Gasteiger partial charge in [0, 0.05) is 5.75 Å². The van der Waals surface area contributed by atoms with E-state index in [0.29, 0.717) is 11.5 Å². The van der Waals surface area contributed by atoms with E-state index in [4.69, 9.17) is 0 Å². The van der Waals surface area contributed by atoms with Gasteiger partial charge in [-0.3, -0.25) is 0 Å². The van der Waals surface area contributed by atoms with E-state index in [1.165, 1.54) is 32.1 Å². The van der Waals surface area contributed by atoms with Crippen LogP contribution in [0.4, 0.5) is 0 Å². The van der Waals surface area contributed by atoms with Crippen molar-refractivity contribution in [2.75, 3.05) is 24.6 Å². The maximum absolute atomic E-state index is 11.6. The first-order valence-electron chi connectivity index (χ1n) is 8.00. The third-order valence-corrected chi connectivity index (χ3v) is 6.23. The molecule has 3 nitrogen and oxygen atoms in total. The Morgan fingerprint density at radius 3 is 2.37 bits per heavy atom. The van der Waals surface area contributed by atoms with Crippen LogP contribution >= 0.6 is 0 Å². The molecule has 1 fully saturated rings. The van der Waals surface area contributed by atoms with Crippen molar-refractivity contribution >= 4 is 9.84 Å². The predicted octanol–water partition coefficient (Wildman–Crippen LogP) is 3.01. The zero-order valence-electron chi connectivity index (χ0n) is 12.7. The minimum atomic E-state index is -2.78. The van der Waals surface area contributed by atoms with Crippen LogP contribution in [0.25, 0.3) is 0 Å². The zero-order chi connectivity index (χ0) is 14.1. The fourth-order valence-corrected chi connectivity index (χ4v) is 4.04. The third-order valence-electron chi connectivity index (χ3n) is 4.44. The van der Waals surface area contributed by atoms with Crippen molar-refractivity contribution in [1.29, 1.82) is 0 Å². The van der Waals surface area contributed by atoms with Crippen LogP contribution in [0.15, 0.2) is 0 Å². The van der Waals surface area contributed by atoms with Crippen LogP contribution in [0.5, 0.6) is 0 Å². The van der Waals surface area contributed by atoms with Crippen LogP contribution in [-0.4, -0.2) is 33.0 Å². The number of sulfone groups is 1. The molecule has 114 valence electrons. The third kappa shape index (κ3) is 6.75. The SMILES string of the molecule is CCNCC1CCCCCC1CCCS(=O)(=O)CC. The van der Waals surface area contributed by atoms with E-state index in [9.17, 15) is 8.42 Å². The van der Waals surface area contributed by atoms with Crippen LogP contribution in [0.3, 0.4) is 0 Å². The topological polar surface area (TPSA) is 46.2 Å². The largest absolute Gasteiger partial charge is 0.317 e. The van der Waals surface area contributed by atoms with Gasteiger partial charge in [-0.15, -0.1) is 0 Å². The quantitative estimate of drug-likeness (QED) is 0.699. The summed E-state index contributed by atoms with van der Waals surface area (Å²) in [5, 5.41) is 3.48. The molecule has 4 heteroatoms. The van der Waals surface area contributed by atoms with Gasteiger partial charge in [0.1, 0.15) is 9.84 Å². The van der Waals surface area contributed by atoms with Crippen molar-refractivity contribution in [3.8, 4) is 0 Å². The average Bonchev–Trinajstić information content (AvgIpc) is 2.61. The van der Waals surface area contributed by atoms with Gasteiger partial charge in [0.25, 0.3) is 0 Å². The number of nitrogens with one attached hydrogen (secondary N) is 1. The molecular formula is C15H31NO2S. The molecule has 1 N–H and O–H groups in total. The summed E-state index contributed by atoms with van der Waals surface area (Å²) < 4.78 is 23.1. The second kappa shape index (κ2) is 8.96. The highest BCUT2D eigenvalue weighted by atomic mass is 32.2. The van der Waals surface area contributed by atoms with Crippen molar-refractivity contribution in [1.82, 2.24) is 5.32 Å². The van der Waals surface area contributed by atoms with Gasteiger partial charge in [-0.05, 0) is 44.2 Å². The van der Waals surface area contributed by atoms with Gasteiger partial charge in [0.2, 0.25) is 0 Å². The van der Waals surface area contributed by atoms with Crippen LogP contribution in [0.1, 0.15) is 58.8 Å². The molecule has 0 amide bonds. The highest BCUT2D eigenvalue weighted by Crippen LogP contribution is 2.31. The molecule has 19 heavy (non-hydrogen) atoms. The van der Waals surface area contributed by atoms with Gasteiger partial charge >= 0.3 is 0 Å². The Balaban J connectivity index is 2.41. The summed E-state index contributed by atoms with van der Waals surface area (Å²) in [5.41, 5.74) is 0. The molecule has 0 aromatic carbocycles. The standard InChI is InChI=1S/C15H31NO2S/c1-3-16-13-15-10-7-5-6-9-14(15)11-8-12-19(17,18)4-2/h14-16H,3-13H2,1-2H3. The van der Waals surface area contributed by atoms with Crippen molar-refractivity contribution in [2.45, 2.75) is 58.8 Å². The van der Waals surface area contributed by atoms with E-state index in [2.05, 4.69) is 12.2 Å². The number of hydrogen-bond donors (Lipinski definition) is 1. The normalized spacial score (nSPS) is 25.2. The lowest BCUT2D eigenvalue weighted by molar-refractivity contribution is 0.283. The fourth-order valence-electron chi connectivity index (χ4n) is 3.15. The molecular weight excluding hydrogens is 258 g/mol. The summed E-state index contributed by atoms with van der Waals surface area (Å²) in [7, 11) is -2.78. The summed E-state index contributed by atoms with van der Waals surface area (Å²) in [5.74, 6) is 2.16. The van der Waals surface area contributed by atoms with Crippen LogP contribution in [0, 0.1) is 11.8 Å². The smallest absolute Gasteiger partial charge is 0.150 e. The molecule has 0 bridgehead atoms. The highest BCUT2D eigenvalue weighted by Gasteiger charge is 2.23. The molecule has 1 rings (SSSR count). The molecule has 1 aliphatic rings. The first kappa shape index (κ1) is 17.0. The van der Waals surface area contributed by atoms with Crippen molar-refractivity contribution in [3.63, 3.8) is 0 Å². The van der Waals surface area contributed by atoms with Crippen LogP contribution < -0.4 is 5.32 Å². The van der Waals surface area contributed by atoms with Crippen molar-refractivity contribution in [2.24, 2.45) is 11.8 Å². The number of hydrogen-bond acceptors (Lipinski definition) is 3. The second-order valence-electron chi connectivity index (χ2n) is 5.84. The lowest BCUT2D eigenvalue weighted by Gasteiger charge is -2.25. The van der Waals surface area contributed by atoms with Gasteiger partial charge < -0.3 is 5.32 Å². The molecule has 0 heterocycles. The second-order valence-corrected chi connectivity index (χ2v) is 8.32. The van der Waals surface area contributed by atoms with E-state index in [-0.39, 0.29) is 0 Å². The Morgan fingerprint density at radius 2 is 1.74 bits per heavy atom. The van der Waals surface area contributed by atoms with Gasteiger partial charge in [-0.25, -0.2) is 8.42 Å².